The van der Waals surface area contributed by atoms with E-state index in [2.05, 4.69) is 4.98 Å². The van der Waals surface area contributed by atoms with Gasteiger partial charge in [0.25, 0.3) is 0 Å². The molecule has 2 aromatic rings. The van der Waals surface area contributed by atoms with Gasteiger partial charge >= 0.3 is 0 Å². The third-order valence-electron chi connectivity index (χ3n) is 2.56. The van der Waals surface area contributed by atoms with Crippen LogP contribution in [0.5, 0.6) is 0 Å². The zero-order valence-electron chi connectivity index (χ0n) is 10.1. The highest BCUT2D eigenvalue weighted by Crippen LogP contribution is 2.21. The molecule has 1 heterocycles. The predicted molar refractivity (Wildman–Crippen MR) is 73.2 cm³/mol. The van der Waals surface area contributed by atoms with E-state index in [1.165, 1.54) is 0 Å². The first-order valence-electron chi connectivity index (χ1n) is 5.65. The number of aromatic nitrogens is 1. The molecule has 1 unspecified atom stereocenters. The number of pyridine rings is 1. The predicted octanol–water partition coefficient (Wildman–Crippen LogP) is 3.53. The zero-order chi connectivity index (χ0) is 12.3. The summed E-state index contributed by atoms with van der Waals surface area (Å²) in [5.74, 6) is 0.755. The van der Waals surface area contributed by atoms with Crippen LogP contribution in [0.4, 0.5) is 0 Å². The molecule has 0 amide bonds. The van der Waals surface area contributed by atoms with E-state index in [1.807, 2.05) is 56.3 Å². The van der Waals surface area contributed by atoms with Crippen molar-refractivity contribution < 1.29 is 4.55 Å². The van der Waals surface area contributed by atoms with Crippen LogP contribution in [0.15, 0.2) is 47.4 Å². The molecule has 0 bridgehead atoms. The number of hydrogen-bond acceptors (Lipinski definition) is 2. The maximum Gasteiger partial charge on any atom is 0.190 e. The summed E-state index contributed by atoms with van der Waals surface area (Å²) in [7, 11) is 0. The van der Waals surface area contributed by atoms with E-state index < -0.39 is 11.2 Å². The number of nitrogens with zero attached hydrogens (tertiary/aromatic N) is 1. The van der Waals surface area contributed by atoms with Gasteiger partial charge in [0.05, 0.1) is 5.69 Å². The Labute approximate surface area is 105 Å². The van der Waals surface area contributed by atoms with Gasteiger partial charge in [-0.2, -0.15) is 4.55 Å². The lowest BCUT2D eigenvalue weighted by Crippen LogP contribution is -2.03. The number of benzene rings is 1. The summed E-state index contributed by atoms with van der Waals surface area (Å²) in [5, 5.41) is 0. The van der Waals surface area contributed by atoms with Crippen LogP contribution < -0.4 is 0 Å². The highest BCUT2D eigenvalue weighted by molar-refractivity contribution is 7.91. The van der Waals surface area contributed by atoms with E-state index in [0.29, 0.717) is 0 Å². The summed E-state index contributed by atoms with van der Waals surface area (Å²) in [5.41, 5.74) is 3.03. The molecule has 88 valence electrons. The monoisotopic (exact) mass is 246 g/mol. The van der Waals surface area contributed by atoms with E-state index in [0.717, 1.165) is 27.6 Å². The van der Waals surface area contributed by atoms with Crippen molar-refractivity contribution in [2.45, 2.75) is 18.7 Å². The van der Waals surface area contributed by atoms with Gasteiger partial charge in [-0.3, -0.25) is 4.98 Å². The molecule has 0 aliphatic rings. The average Bonchev–Trinajstić information content (AvgIpc) is 2.38. The quantitative estimate of drug-likeness (QED) is 0.840. The first-order chi connectivity index (χ1) is 8.20. The van der Waals surface area contributed by atoms with E-state index >= 15 is 0 Å². The standard InChI is InChI=1S/C14H16NOS/c1-3-17(16)13-8-5-7-12(10-13)14-9-4-6-11(2)15-14/h4-10,16H,3H2,1-2H3/q+1. The molecule has 1 aromatic heterocycles. The lowest BCUT2D eigenvalue weighted by molar-refractivity contribution is 0.639. The van der Waals surface area contributed by atoms with Gasteiger partial charge in [0.1, 0.15) is 5.75 Å². The Morgan fingerprint density at radius 2 is 1.94 bits per heavy atom. The fourth-order valence-corrected chi connectivity index (χ4v) is 2.50. The van der Waals surface area contributed by atoms with Crippen molar-refractivity contribution >= 4 is 11.2 Å². The lowest BCUT2D eigenvalue weighted by Gasteiger charge is -2.03. The maximum atomic E-state index is 9.86. The van der Waals surface area contributed by atoms with Crippen molar-refractivity contribution in [3.8, 4) is 11.3 Å². The van der Waals surface area contributed by atoms with E-state index in [9.17, 15) is 4.55 Å². The summed E-state index contributed by atoms with van der Waals surface area (Å²) >= 11 is -0.658. The summed E-state index contributed by atoms with van der Waals surface area (Å²) in [6.07, 6.45) is 0. The molecule has 0 radical (unpaired) electrons. The highest BCUT2D eigenvalue weighted by Gasteiger charge is 2.16. The third kappa shape index (κ3) is 2.87. The molecule has 1 aromatic carbocycles. The second-order valence-corrected chi connectivity index (χ2v) is 5.62. The van der Waals surface area contributed by atoms with Gasteiger partial charge in [-0.25, -0.2) is 0 Å². The first kappa shape index (κ1) is 12.1. The highest BCUT2D eigenvalue weighted by atomic mass is 32.2. The Bertz CT molecular complexity index is 513. The molecule has 1 N–H and O–H groups in total. The topological polar surface area (TPSA) is 33.1 Å². The molecule has 2 rings (SSSR count). The van der Waals surface area contributed by atoms with Gasteiger partial charge in [-0.05, 0) is 32.0 Å². The molecule has 0 saturated carbocycles. The van der Waals surface area contributed by atoms with Crippen LogP contribution in [0, 0.1) is 6.92 Å². The zero-order valence-corrected chi connectivity index (χ0v) is 10.9. The van der Waals surface area contributed by atoms with Gasteiger partial charge in [-0.15, -0.1) is 0 Å². The molecule has 17 heavy (non-hydrogen) atoms. The fraction of sp³-hybridized carbons (Fsp3) is 0.214. The van der Waals surface area contributed by atoms with Crippen molar-refractivity contribution in [2.75, 3.05) is 5.75 Å². The molecular formula is C14H16NOS+. The van der Waals surface area contributed by atoms with Crippen molar-refractivity contribution in [2.24, 2.45) is 0 Å². The fourth-order valence-electron chi connectivity index (χ4n) is 1.67. The number of rotatable bonds is 3. The van der Waals surface area contributed by atoms with Gasteiger partial charge in [0, 0.05) is 17.3 Å². The Hall–Kier alpha value is -1.32. The minimum absolute atomic E-state index is 0.658. The molecule has 0 aliphatic heterocycles. The number of aryl methyl sites for hydroxylation is 1. The van der Waals surface area contributed by atoms with Crippen LogP contribution in [-0.2, 0) is 11.2 Å². The minimum atomic E-state index is -0.658. The van der Waals surface area contributed by atoms with Crippen molar-refractivity contribution in [1.29, 1.82) is 0 Å². The molecule has 3 heteroatoms. The van der Waals surface area contributed by atoms with Crippen LogP contribution in [-0.4, -0.2) is 15.3 Å². The summed E-state index contributed by atoms with van der Waals surface area (Å²) in [6.45, 7) is 3.97. The average molecular weight is 246 g/mol. The molecule has 1 atom stereocenters. The van der Waals surface area contributed by atoms with Crippen LogP contribution in [0.1, 0.15) is 12.6 Å². The molecule has 0 fully saturated rings. The Morgan fingerprint density at radius 3 is 2.65 bits per heavy atom. The Morgan fingerprint density at radius 1 is 1.18 bits per heavy atom. The smallest absolute Gasteiger partial charge is 0.190 e. The molecule has 0 saturated heterocycles. The summed E-state index contributed by atoms with van der Waals surface area (Å²) in [4.78, 5) is 5.47. The van der Waals surface area contributed by atoms with Gasteiger partial charge < -0.3 is 0 Å². The Balaban J connectivity index is 2.39. The van der Waals surface area contributed by atoms with Crippen LogP contribution >= 0.6 is 0 Å². The molecule has 0 aliphatic carbocycles. The third-order valence-corrected chi connectivity index (χ3v) is 3.91. The number of hydrogen-bond donors (Lipinski definition) is 1. The van der Waals surface area contributed by atoms with Gasteiger partial charge in [0.15, 0.2) is 16.1 Å². The second-order valence-electron chi connectivity index (χ2n) is 3.85. The molecule has 0 spiro atoms. The second kappa shape index (κ2) is 5.34. The SMILES string of the molecule is CC[S+](O)c1cccc(-c2cccc(C)n2)c1. The first-order valence-corrected chi connectivity index (χ1v) is 7.00. The van der Waals surface area contributed by atoms with E-state index in [-0.39, 0.29) is 0 Å². The van der Waals surface area contributed by atoms with Crippen molar-refractivity contribution in [3.63, 3.8) is 0 Å². The minimum Gasteiger partial charge on any atom is -0.253 e. The summed E-state index contributed by atoms with van der Waals surface area (Å²) < 4.78 is 9.86. The molecule has 2 nitrogen and oxygen atoms in total. The van der Waals surface area contributed by atoms with E-state index in [4.69, 9.17) is 0 Å². The Kier molecular flexibility index (Phi) is 3.82. The lowest BCUT2D eigenvalue weighted by atomic mass is 10.1. The van der Waals surface area contributed by atoms with Gasteiger partial charge in [-0.1, -0.05) is 18.2 Å². The largest absolute Gasteiger partial charge is 0.253 e. The van der Waals surface area contributed by atoms with Crippen molar-refractivity contribution in [1.82, 2.24) is 4.98 Å². The van der Waals surface area contributed by atoms with E-state index in [1.54, 1.807) is 0 Å². The van der Waals surface area contributed by atoms with Crippen LogP contribution in [0.2, 0.25) is 0 Å². The normalized spacial score (nSPS) is 12.4. The van der Waals surface area contributed by atoms with Crippen LogP contribution in [0.3, 0.4) is 0 Å². The maximum absolute atomic E-state index is 9.86. The molecular weight excluding hydrogens is 230 g/mol. The summed E-state index contributed by atoms with van der Waals surface area (Å²) in [6, 6.07) is 14.0. The van der Waals surface area contributed by atoms with Crippen molar-refractivity contribution in [3.05, 3.63) is 48.2 Å². The van der Waals surface area contributed by atoms with Crippen LogP contribution in [0.25, 0.3) is 11.3 Å². The van der Waals surface area contributed by atoms with Gasteiger partial charge in [0.2, 0.25) is 0 Å².